The van der Waals surface area contributed by atoms with E-state index in [4.69, 9.17) is 10.2 Å². The smallest absolute Gasteiger partial charge is 0.336 e. The molecular weight excluding hydrogens is 332 g/mol. The maximum Gasteiger partial charge on any atom is 0.336 e. The Labute approximate surface area is 150 Å². The van der Waals surface area contributed by atoms with Crippen molar-refractivity contribution in [2.45, 2.75) is 0 Å². The number of rotatable bonds is 5. The van der Waals surface area contributed by atoms with Gasteiger partial charge in [-0.3, -0.25) is 0 Å². The maximum absolute atomic E-state index is 10.5. The lowest BCUT2D eigenvalue weighted by molar-refractivity contribution is 0.0651. The van der Waals surface area contributed by atoms with Crippen LogP contribution in [0.15, 0.2) is 84.9 Å². The summed E-state index contributed by atoms with van der Waals surface area (Å²) in [6.07, 6.45) is 0. The number of aromatic carboxylic acids is 2. The summed E-state index contributed by atoms with van der Waals surface area (Å²) in [4.78, 5) is 20.9. The lowest BCUT2D eigenvalue weighted by atomic mass is 10.1. The minimum atomic E-state index is -1.23. The number of carboxylic acid groups (broad SMARTS) is 2. The van der Waals surface area contributed by atoms with Crippen LogP contribution in [-0.4, -0.2) is 22.2 Å². The third-order valence-electron chi connectivity index (χ3n) is 3.29. The Hall–Kier alpha value is -3.80. The molecular formula is C20H18N2O4. The van der Waals surface area contributed by atoms with E-state index in [-0.39, 0.29) is 11.1 Å². The molecule has 3 aromatic rings. The molecule has 132 valence electrons. The van der Waals surface area contributed by atoms with Gasteiger partial charge in [0.15, 0.2) is 0 Å². The summed E-state index contributed by atoms with van der Waals surface area (Å²) < 4.78 is 0. The second-order valence-corrected chi connectivity index (χ2v) is 5.14. The zero-order chi connectivity index (χ0) is 18.8. The van der Waals surface area contributed by atoms with Crippen LogP contribution in [0.4, 0.5) is 11.4 Å². The van der Waals surface area contributed by atoms with Crippen LogP contribution in [0.2, 0.25) is 0 Å². The number of benzene rings is 3. The molecule has 0 atom stereocenters. The van der Waals surface area contributed by atoms with Crippen molar-refractivity contribution in [3.63, 3.8) is 0 Å². The number of carboxylic acids is 2. The normalized spacial score (nSPS) is 9.38. The van der Waals surface area contributed by atoms with Crippen LogP contribution in [0.25, 0.3) is 0 Å². The lowest BCUT2D eigenvalue weighted by Crippen LogP contribution is -2.07. The summed E-state index contributed by atoms with van der Waals surface area (Å²) in [7, 11) is 0. The van der Waals surface area contributed by atoms with Crippen LogP contribution in [-0.2, 0) is 0 Å². The first-order valence-electron chi connectivity index (χ1n) is 7.75. The first kappa shape index (κ1) is 18.5. The van der Waals surface area contributed by atoms with Gasteiger partial charge in [-0.25, -0.2) is 9.59 Å². The van der Waals surface area contributed by atoms with Gasteiger partial charge in [0.25, 0.3) is 0 Å². The Morgan fingerprint density at radius 3 is 1.15 bits per heavy atom. The first-order valence-corrected chi connectivity index (χ1v) is 7.75. The Bertz CT molecular complexity index is 779. The van der Waals surface area contributed by atoms with Gasteiger partial charge in [-0.1, -0.05) is 48.5 Å². The van der Waals surface area contributed by atoms with E-state index in [9.17, 15) is 9.59 Å². The molecule has 3 rings (SSSR count). The molecule has 26 heavy (non-hydrogen) atoms. The highest BCUT2D eigenvalue weighted by atomic mass is 16.4. The molecule has 0 unspecified atom stereocenters. The van der Waals surface area contributed by atoms with Crippen molar-refractivity contribution in [3.8, 4) is 0 Å². The fourth-order valence-corrected chi connectivity index (χ4v) is 2.04. The van der Waals surface area contributed by atoms with Gasteiger partial charge in [-0.2, -0.15) is 0 Å². The Kier molecular flexibility index (Phi) is 6.76. The van der Waals surface area contributed by atoms with Crippen LogP contribution in [0.3, 0.4) is 0 Å². The van der Waals surface area contributed by atoms with Gasteiger partial charge in [0.05, 0.1) is 22.5 Å². The van der Waals surface area contributed by atoms with Gasteiger partial charge in [-0.15, -0.1) is 0 Å². The monoisotopic (exact) mass is 350 g/mol. The van der Waals surface area contributed by atoms with Gasteiger partial charge >= 0.3 is 11.9 Å². The van der Waals surface area contributed by atoms with Crippen LogP contribution >= 0.6 is 0 Å². The van der Waals surface area contributed by atoms with Gasteiger partial charge in [-0.05, 0) is 36.4 Å². The van der Waals surface area contributed by atoms with Crippen molar-refractivity contribution in [3.05, 3.63) is 96.1 Å². The summed E-state index contributed by atoms with van der Waals surface area (Å²) in [5.41, 5.74) is 7.95. The molecule has 0 aliphatic heterocycles. The van der Waals surface area contributed by atoms with E-state index in [1.807, 2.05) is 60.7 Å². The van der Waals surface area contributed by atoms with Crippen LogP contribution in [0, 0.1) is 0 Å². The first-order chi connectivity index (χ1) is 12.6. The highest BCUT2D eigenvalue weighted by Gasteiger charge is 2.13. The maximum atomic E-state index is 10.5. The number of hydrogen-bond acceptors (Lipinski definition) is 4. The highest BCUT2D eigenvalue weighted by molar-refractivity contribution is 6.01. The number of anilines is 2. The Morgan fingerprint density at radius 1 is 0.538 bits per heavy atom. The molecule has 0 heterocycles. The molecule has 0 spiro atoms. The molecule has 3 aromatic carbocycles. The molecule has 0 saturated heterocycles. The van der Waals surface area contributed by atoms with Gasteiger partial charge in [0.2, 0.25) is 0 Å². The van der Waals surface area contributed by atoms with E-state index in [0.717, 1.165) is 11.4 Å². The molecule has 0 aliphatic rings. The number of nitrogens with one attached hydrogen (secondary N) is 2. The fraction of sp³-hybridized carbons (Fsp3) is 0. The molecule has 0 fully saturated rings. The summed E-state index contributed by atoms with van der Waals surface area (Å²) in [6, 6.07) is 25.5. The van der Waals surface area contributed by atoms with E-state index in [0.29, 0.717) is 0 Å². The van der Waals surface area contributed by atoms with Gasteiger partial charge < -0.3 is 21.1 Å². The van der Waals surface area contributed by atoms with Crippen LogP contribution in [0.5, 0.6) is 0 Å². The Balaban J connectivity index is 0.000000190. The number of carbonyl (C=O) groups is 2. The largest absolute Gasteiger partial charge is 0.478 e. The van der Waals surface area contributed by atoms with Crippen LogP contribution < -0.4 is 10.9 Å². The topological polar surface area (TPSA) is 98.7 Å². The highest BCUT2D eigenvalue weighted by Crippen LogP contribution is 2.09. The average molecular weight is 350 g/mol. The summed E-state index contributed by atoms with van der Waals surface area (Å²) >= 11 is 0. The van der Waals surface area contributed by atoms with Crippen molar-refractivity contribution < 1.29 is 19.8 Å². The van der Waals surface area contributed by atoms with E-state index >= 15 is 0 Å². The summed E-state index contributed by atoms with van der Waals surface area (Å²) in [6.45, 7) is 0. The van der Waals surface area contributed by atoms with Crippen molar-refractivity contribution in [2.24, 2.45) is 0 Å². The summed E-state index contributed by atoms with van der Waals surface area (Å²) in [5.74, 6) is -2.46. The molecule has 4 N–H and O–H groups in total. The Morgan fingerprint density at radius 2 is 0.846 bits per heavy atom. The number of hydrazine groups is 1. The minimum absolute atomic E-state index is 0.190. The van der Waals surface area contributed by atoms with E-state index in [1.54, 1.807) is 0 Å². The summed E-state index contributed by atoms with van der Waals surface area (Å²) in [5, 5.41) is 17.1. The second kappa shape index (κ2) is 9.48. The quantitative estimate of drug-likeness (QED) is 0.515. The van der Waals surface area contributed by atoms with Gasteiger partial charge in [0.1, 0.15) is 0 Å². The second-order valence-electron chi connectivity index (χ2n) is 5.14. The lowest BCUT2D eigenvalue weighted by Gasteiger charge is -2.08. The molecule has 0 aromatic heterocycles. The standard InChI is InChI=1S/C12H12N2.C8H6O4/c1-3-7-11(8-4-1)13-14-12-9-5-2-6-10-12;9-7(10)5-3-1-2-4-6(5)8(11)12/h1-10,13-14H;1-4H,(H,9,10)(H,11,12). The minimum Gasteiger partial charge on any atom is -0.478 e. The van der Waals surface area contributed by atoms with Crippen molar-refractivity contribution in [1.29, 1.82) is 0 Å². The third kappa shape index (κ3) is 5.68. The van der Waals surface area contributed by atoms with E-state index in [2.05, 4.69) is 10.9 Å². The van der Waals surface area contributed by atoms with Crippen molar-refractivity contribution >= 4 is 23.3 Å². The zero-order valence-electron chi connectivity index (χ0n) is 13.8. The number of hydrogen-bond donors (Lipinski definition) is 4. The SMILES string of the molecule is O=C(O)c1ccccc1C(=O)O.c1ccc(NNc2ccccc2)cc1. The van der Waals surface area contributed by atoms with Crippen molar-refractivity contribution in [1.82, 2.24) is 0 Å². The molecule has 6 heteroatoms. The van der Waals surface area contributed by atoms with E-state index in [1.165, 1.54) is 24.3 Å². The van der Waals surface area contributed by atoms with E-state index < -0.39 is 11.9 Å². The van der Waals surface area contributed by atoms with Crippen molar-refractivity contribution in [2.75, 3.05) is 10.9 Å². The predicted molar refractivity (Wildman–Crippen MR) is 100 cm³/mol. The molecule has 0 bridgehead atoms. The van der Waals surface area contributed by atoms with Crippen LogP contribution in [0.1, 0.15) is 20.7 Å². The third-order valence-corrected chi connectivity index (χ3v) is 3.29. The van der Waals surface area contributed by atoms with Gasteiger partial charge in [0, 0.05) is 0 Å². The molecule has 0 saturated carbocycles. The number of para-hydroxylation sites is 2. The molecule has 0 amide bonds. The fourth-order valence-electron chi connectivity index (χ4n) is 2.04. The average Bonchev–Trinajstić information content (AvgIpc) is 2.68. The zero-order valence-corrected chi connectivity index (χ0v) is 13.8. The predicted octanol–water partition coefficient (Wildman–Crippen LogP) is 4.21. The molecule has 0 aliphatic carbocycles. The molecule has 6 nitrogen and oxygen atoms in total. The molecule has 0 radical (unpaired) electrons.